The van der Waals surface area contributed by atoms with E-state index in [2.05, 4.69) is 9.97 Å². The van der Waals surface area contributed by atoms with E-state index in [1.807, 2.05) is 6.07 Å². The summed E-state index contributed by atoms with van der Waals surface area (Å²) >= 11 is 0. The van der Waals surface area contributed by atoms with Crippen molar-refractivity contribution in [1.29, 1.82) is 0 Å². The fourth-order valence-corrected chi connectivity index (χ4v) is 1.23. The van der Waals surface area contributed by atoms with Crippen LogP contribution in [0.25, 0.3) is 10.9 Å². The van der Waals surface area contributed by atoms with E-state index in [9.17, 15) is 0 Å². The van der Waals surface area contributed by atoms with Crippen LogP contribution in [-0.4, -0.2) is 17.1 Å². The van der Waals surface area contributed by atoms with E-state index < -0.39 is 0 Å². The van der Waals surface area contributed by atoms with Crippen molar-refractivity contribution in [3.8, 4) is 5.75 Å². The van der Waals surface area contributed by atoms with E-state index in [0.717, 1.165) is 10.9 Å². The highest BCUT2D eigenvalue weighted by Gasteiger charge is 2.04. The minimum atomic E-state index is 0.584. The van der Waals surface area contributed by atoms with Crippen LogP contribution in [0.1, 0.15) is 0 Å². The summed E-state index contributed by atoms with van der Waals surface area (Å²) in [6.45, 7) is 0. The van der Waals surface area contributed by atoms with Crippen LogP contribution in [0.4, 0.5) is 5.69 Å². The van der Waals surface area contributed by atoms with Crippen molar-refractivity contribution in [3.63, 3.8) is 0 Å². The van der Waals surface area contributed by atoms with Gasteiger partial charge in [0.05, 0.1) is 18.3 Å². The summed E-state index contributed by atoms with van der Waals surface area (Å²) < 4.78 is 5.07. The summed E-state index contributed by atoms with van der Waals surface area (Å²) in [4.78, 5) is 7.97. The largest absolute Gasteiger partial charge is 0.495 e. The summed E-state index contributed by atoms with van der Waals surface area (Å²) in [7, 11) is 1.58. The van der Waals surface area contributed by atoms with Crippen LogP contribution >= 0.6 is 0 Å². The number of methoxy groups -OCH3 is 1. The van der Waals surface area contributed by atoms with E-state index in [1.54, 1.807) is 19.4 Å². The highest BCUT2D eigenvalue weighted by Crippen LogP contribution is 2.28. The topological polar surface area (TPSA) is 61.0 Å². The SMILES string of the molecule is COc1ccc2ncncc2c1N. The van der Waals surface area contributed by atoms with Crippen LogP contribution in [0.3, 0.4) is 0 Å². The van der Waals surface area contributed by atoms with Gasteiger partial charge in [0.1, 0.15) is 12.1 Å². The van der Waals surface area contributed by atoms with Gasteiger partial charge in [0.15, 0.2) is 0 Å². The molecule has 0 bridgehead atoms. The molecule has 0 saturated carbocycles. The molecular weight excluding hydrogens is 166 g/mol. The molecule has 4 nitrogen and oxygen atoms in total. The van der Waals surface area contributed by atoms with Crippen molar-refractivity contribution in [2.75, 3.05) is 12.8 Å². The molecule has 0 radical (unpaired) electrons. The molecule has 4 heteroatoms. The smallest absolute Gasteiger partial charge is 0.142 e. The van der Waals surface area contributed by atoms with Crippen LogP contribution in [0.2, 0.25) is 0 Å². The summed E-state index contributed by atoms with van der Waals surface area (Å²) in [5.41, 5.74) is 7.24. The Morgan fingerprint density at radius 2 is 2.23 bits per heavy atom. The number of aromatic nitrogens is 2. The van der Waals surface area contributed by atoms with E-state index in [0.29, 0.717) is 11.4 Å². The summed E-state index contributed by atoms with van der Waals surface area (Å²) in [5, 5.41) is 0.821. The fourth-order valence-electron chi connectivity index (χ4n) is 1.23. The molecule has 0 spiro atoms. The zero-order valence-corrected chi connectivity index (χ0v) is 7.19. The van der Waals surface area contributed by atoms with Crippen LogP contribution < -0.4 is 10.5 Å². The van der Waals surface area contributed by atoms with E-state index in [-0.39, 0.29) is 0 Å². The first kappa shape index (κ1) is 7.79. The number of fused-ring (bicyclic) bond motifs is 1. The third kappa shape index (κ3) is 1.16. The molecule has 66 valence electrons. The fraction of sp³-hybridized carbons (Fsp3) is 0.111. The Hall–Kier alpha value is -1.84. The van der Waals surface area contributed by atoms with Gasteiger partial charge in [-0.2, -0.15) is 0 Å². The van der Waals surface area contributed by atoms with Crippen LogP contribution in [0, 0.1) is 0 Å². The van der Waals surface area contributed by atoms with Gasteiger partial charge in [0, 0.05) is 11.6 Å². The van der Waals surface area contributed by atoms with Gasteiger partial charge >= 0.3 is 0 Å². The molecule has 1 aromatic carbocycles. The molecule has 0 atom stereocenters. The number of ether oxygens (including phenoxy) is 1. The molecule has 1 aromatic heterocycles. The number of nitrogens with zero attached hydrogens (tertiary/aromatic N) is 2. The molecular formula is C9H9N3O. The number of hydrogen-bond acceptors (Lipinski definition) is 4. The summed E-state index contributed by atoms with van der Waals surface area (Å²) in [5.74, 6) is 0.655. The average molecular weight is 175 g/mol. The predicted molar refractivity (Wildman–Crippen MR) is 50.5 cm³/mol. The Bertz CT molecular complexity index is 442. The van der Waals surface area contributed by atoms with Crippen molar-refractivity contribution in [2.45, 2.75) is 0 Å². The van der Waals surface area contributed by atoms with Gasteiger partial charge in [-0.05, 0) is 12.1 Å². The molecule has 0 unspecified atom stereocenters. The third-order valence-corrected chi connectivity index (χ3v) is 1.91. The Balaban J connectivity index is 2.79. The Labute approximate surface area is 75.4 Å². The van der Waals surface area contributed by atoms with Crippen LogP contribution in [-0.2, 0) is 0 Å². The number of nitrogens with two attached hydrogens (primary N) is 1. The standard InChI is InChI=1S/C9H9N3O/c1-13-8-3-2-7-6(9(8)10)4-11-5-12-7/h2-5H,10H2,1H3. The zero-order valence-electron chi connectivity index (χ0n) is 7.19. The molecule has 0 aliphatic carbocycles. The van der Waals surface area contributed by atoms with Crippen molar-refractivity contribution >= 4 is 16.6 Å². The van der Waals surface area contributed by atoms with Crippen molar-refractivity contribution in [3.05, 3.63) is 24.7 Å². The Morgan fingerprint density at radius 1 is 1.38 bits per heavy atom. The van der Waals surface area contributed by atoms with Gasteiger partial charge in [-0.15, -0.1) is 0 Å². The molecule has 0 fully saturated rings. The first-order valence-corrected chi connectivity index (χ1v) is 3.85. The number of anilines is 1. The predicted octanol–water partition coefficient (Wildman–Crippen LogP) is 1.22. The third-order valence-electron chi connectivity index (χ3n) is 1.91. The van der Waals surface area contributed by atoms with Gasteiger partial charge < -0.3 is 10.5 Å². The number of rotatable bonds is 1. The molecule has 0 amide bonds. The maximum atomic E-state index is 5.82. The minimum Gasteiger partial charge on any atom is -0.495 e. The first-order chi connectivity index (χ1) is 6.33. The van der Waals surface area contributed by atoms with Crippen LogP contribution in [0.15, 0.2) is 24.7 Å². The van der Waals surface area contributed by atoms with E-state index >= 15 is 0 Å². The second-order valence-electron chi connectivity index (χ2n) is 2.64. The second kappa shape index (κ2) is 2.90. The zero-order chi connectivity index (χ0) is 9.26. The minimum absolute atomic E-state index is 0.584. The van der Waals surface area contributed by atoms with Crippen LogP contribution in [0.5, 0.6) is 5.75 Å². The van der Waals surface area contributed by atoms with Crippen molar-refractivity contribution in [1.82, 2.24) is 9.97 Å². The summed E-state index contributed by atoms with van der Waals surface area (Å²) in [6, 6.07) is 3.65. The van der Waals surface area contributed by atoms with Gasteiger partial charge in [0.2, 0.25) is 0 Å². The summed E-state index contributed by atoms with van der Waals surface area (Å²) in [6.07, 6.45) is 3.18. The molecule has 0 saturated heterocycles. The lowest BCUT2D eigenvalue weighted by molar-refractivity contribution is 0.417. The molecule has 2 N–H and O–H groups in total. The van der Waals surface area contributed by atoms with Gasteiger partial charge in [-0.3, -0.25) is 0 Å². The lowest BCUT2D eigenvalue weighted by Crippen LogP contribution is -1.94. The molecule has 1 heterocycles. The molecule has 2 aromatic rings. The Kier molecular flexibility index (Phi) is 1.73. The lowest BCUT2D eigenvalue weighted by Gasteiger charge is -2.05. The Morgan fingerprint density at radius 3 is 3.00 bits per heavy atom. The molecule has 0 aliphatic heterocycles. The monoisotopic (exact) mass is 175 g/mol. The quantitative estimate of drug-likeness (QED) is 0.662. The van der Waals surface area contributed by atoms with Gasteiger partial charge in [0.25, 0.3) is 0 Å². The van der Waals surface area contributed by atoms with Gasteiger partial charge in [-0.1, -0.05) is 0 Å². The molecule has 2 rings (SSSR count). The van der Waals surface area contributed by atoms with Gasteiger partial charge in [-0.25, -0.2) is 9.97 Å². The average Bonchev–Trinajstić information content (AvgIpc) is 2.19. The molecule has 0 aliphatic rings. The maximum Gasteiger partial charge on any atom is 0.142 e. The van der Waals surface area contributed by atoms with Crippen molar-refractivity contribution < 1.29 is 4.74 Å². The lowest BCUT2D eigenvalue weighted by atomic mass is 10.2. The van der Waals surface area contributed by atoms with E-state index in [1.165, 1.54) is 6.33 Å². The molecule has 13 heavy (non-hydrogen) atoms. The van der Waals surface area contributed by atoms with Crippen molar-refractivity contribution in [2.24, 2.45) is 0 Å². The normalized spacial score (nSPS) is 10.2. The number of benzene rings is 1. The number of hydrogen-bond donors (Lipinski definition) is 1. The first-order valence-electron chi connectivity index (χ1n) is 3.85. The maximum absolute atomic E-state index is 5.82. The van der Waals surface area contributed by atoms with E-state index in [4.69, 9.17) is 10.5 Å². The highest BCUT2D eigenvalue weighted by molar-refractivity contribution is 5.92. The number of nitrogen functional groups attached to an aromatic ring is 1. The highest BCUT2D eigenvalue weighted by atomic mass is 16.5. The second-order valence-corrected chi connectivity index (χ2v) is 2.64.